The van der Waals surface area contributed by atoms with E-state index in [9.17, 15) is 18.0 Å². The number of aromatic nitrogens is 2. The van der Waals surface area contributed by atoms with E-state index in [-0.39, 0.29) is 15.3 Å². The van der Waals surface area contributed by atoms with Crippen LogP contribution in [-0.2, 0) is 6.18 Å². The number of alkyl halides is 3. The van der Waals surface area contributed by atoms with Crippen molar-refractivity contribution in [2.24, 2.45) is 0 Å². The van der Waals surface area contributed by atoms with E-state index in [2.05, 4.69) is 20.9 Å². The Balaban J connectivity index is 2.74. The molecule has 2 heterocycles. The van der Waals surface area contributed by atoms with Gasteiger partial charge in [-0.2, -0.15) is 13.2 Å². The fraction of sp³-hybridized carbons (Fsp3) is 0.0909. The second-order valence-corrected chi connectivity index (χ2v) is 4.82. The number of hydrogen-bond donors (Lipinski definition) is 0. The Morgan fingerprint density at radius 2 is 2.05 bits per heavy atom. The van der Waals surface area contributed by atoms with Crippen LogP contribution in [0.15, 0.2) is 39.9 Å². The van der Waals surface area contributed by atoms with Crippen LogP contribution < -0.4 is 5.56 Å². The molecule has 0 unspecified atom stereocenters. The van der Waals surface area contributed by atoms with Gasteiger partial charge < -0.3 is 0 Å². The van der Waals surface area contributed by atoms with Crippen molar-refractivity contribution in [3.05, 3.63) is 56.0 Å². The summed E-state index contributed by atoms with van der Waals surface area (Å²) in [7, 11) is 0. The van der Waals surface area contributed by atoms with Crippen LogP contribution in [-0.4, -0.2) is 9.55 Å². The number of rotatable bonds is 1. The Kier molecular flexibility index (Phi) is 3.69. The Morgan fingerprint density at radius 1 is 1.37 bits per heavy atom. The Hall–Kier alpha value is -1.34. The molecule has 0 aliphatic heterocycles. The first-order valence-corrected chi connectivity index (χ1v) is 6.08. The normalized spacial score (nSPS) is 11.6. The van der Waals surface area contributed by atoms with Crippen molar-refractivity contribution in [1.29, 1.82) is 0 Å². The van der Waals surface area contributed by atoms with E-state index in [1.54, 1.807) is 0 Å². The van der Waals surface area contributed by atoms with Gasteiger partial charge in [0.1, 0.15) is 0 Å². The minimum Gasteiger partial charge on any atom is -0.268 e. The van der Waals surface area contributed by atoms with Crippen LogP contribution in [0.3, 0.4) is 0 Å². The maximum Gasteiger partial charge on any atom is 0.417 e. The van der Waals surface area contributed by atoms with Crippen molar-refractivity contribution in [3.8, 4) is 5.82 Å². The summed E-state index contributed by atoms with van der Waals surface area (Å²) in [6.45, 7) is 0. The maximum absolute atomic E-state index is 12.7. The fourth-order valence-electron chi connectivity index (χ4n) is 1.42. The molecule has 0 saturated carbocycles. The highest BCUT2D eigenvalue weighted by Gasteiger charge is 2.32. The Labute approximate surface area is 118 Å². The lowest BCUT2D eigenvalue weighted by Crippen LogP contribution is -2.22. The van der Waals surface area contributed by atoms with Crippen LogP contribution in [0.4, 0.5) is 13.2 Å². The standard InChI is InChI=1S/C11H5BrClF3N2O/c12-7-4-6(11(14,15)16)5-18(10(7)19)9-8(13)2-1-3-17-9/h1-5H. The molecule has 0 atom stereocenters. The molecule has 0 N–H and O–H groups in total. The van der Waals surface area contributed by atoms with Gasteiger partial charge in [-0.15, -0.1) is 0 Å². The quantitative estimate of drug-likeness (QED) is 0.784. The zero-order chi connectivity index (χ0) is 14.2. The third-order valence-corrected chi connectivity index (χ3v) is 3.13. The molecule has 3 nitrogen and oxygen atoms in total. The predicted molar refractivity (Wildman–Crippen MR) is 67.5 cm³/mol. The third kappa shape index (κ3) is 2.82. The highest BCUT2D eigenvalue weighted by molar-refractivity contribution is 9.10. The zero-order valence-corrected chi connectivity index (χ0v) is 11.4. The molecule has 0 aliphatic carbocycles. The highest BCUT2D eigenvalue weighted by Crippen LogP contribution is 2.30. The van der Waals surface area contributed by atoms with E-state index < -0.39 is 17.3 Å². The van der Waals surface area contributed by atoms with Crippen molar-refractivity contribution in [1.82, 2.24) is 9.55 Å². The summed E-state index contributed by atoms with van der Waals surface area (Å²) in [5.74, 6) is -0.0547. The molecule has 0 aliphatic rings. The van der Waals surface area contributed by atoms with E-state index in [1.807, 2.05) is 0 Å². The van der Waals surface area contributed by atoms with Gasteiger partial charge in [0.2, 0.25) is 0 Å². The third-order valence-electron chi connectivity index (χ3n) is 2.27. The molecule has 8 heteroatoms. The number of hydrogen-bond acceptors (Lipinski definition) is 2. The molecule has 2 rings (SSSR count). The average molecular weight is 354 g/mol. The molecule has 0 amide bonds. The van der Waals surface area contributed by atoms with Gasteiger partial charge in [-0.1, -0.05) is 11.6 Å². The lowest BCUT2D eigenvalue weighted by Gasteiger charge is -2.12. The van der Waals surface area contributed by atoms with Gasteiger partial charge in [-0.25, -0.2) is 4.98 Å². The van der Waals surface area contributed by atoms with Crippen molar-refractivity contribution >= 4 is 27.5 Å². The first kappa shape index (κ1) is 14.1. The second kappa shape index (κ2) is 4.97. The van der Waals surface area contributed by atoms with E-state index in [4.69, 9.17) is 11.6 Å². The summed E-state index contributed by atoms with van der Waals surface area (Å²) in [5, 5.41) is 0.0795. The first-order chi connectivity index (χ1) is 8.80. The molecular weight excluding hydrogens is 348 g/mol. The smallest absolute Gasteiger partial charge is 0.268 e. The summed E-state index contributed by atoms with van der Waals surface area (Å²) in [6.07, 6.45) is -2.57. The maximum atomic E-state index is 12.7. The predicted octanol–water partition coefficient (Wildman–Crippen LogP) is 3.67. The van der Waals surface area contributed by atoms with E-state index in [0.29, 0.717) is 6.20 Å². The van der Waals surface area contributed by atoms with E-state index in [0.717, 1.165) is 10.6 Å². The highest BCUT2D eigenvalue weighted by atomic mass is 79.9. The monoisotopic (exact) mass is 352 g/mol. The topological polar surface area (TPSA) is 34.9 Å². The Morgan fingerprint density at radius 3 is 2.63 bits per heavy atom. The van der Waals surface area contributed by atoms with E-state index in [1.165, 1.54) is 18.3 Å². The van der Waals surface area contributed by atoms with Gasteiger partial charge in [-0.3, -0.25) is 9.36 Å². The van der Waals surface area contributed by atoms with Gasteiger partial charge in [-0.05, 0) is 34.1 Å². The first-order valence-electron chi connectivity index (χ1n) is 4.91. The van der Waals surface area contributed by atoms with Crippen LogP contribution in [0.1, 0.15) is 5.56 Å². The summed E-state index contributed by atoms with van der Waals surface area (Å²) in [4.78, 5) is 15.7. The molecule has 0 radical (unpaired) electrons. The lowest BCUT2D eigenvalue weighted by molar-refractivity contribution is -0.138. The summed E-state index contributed by atoms with van der Waals surface area (Å²) in [5.41, 5.74) is -1.64. The molecule has 100 valence electrons. The summed E-state index contributed by atoms with van der Waals surface area (Å²) < 4.78 is 38.7. The second-order valence-electron chi connectivity index (χ2n) is 3.56. The van der Waals surface area contributed by atoms with Crippen LogP contribution in [0.25, 0.3) is 5.82 Å². The molecule has 0 fully saturated rings. The number of nitrogens with zero attached hydrogens (tertiary/aromatic N) is 2. The van der Waals surface area contributed by atoms with Crippen molar-refractivity contribution in [2.45, 2.75) is 6.18 Å². The summed E-state index contributed by atoms with van der Waals surface area (Å²) in [6, 6.07) is 3.67. The van der Waals surface area contributed by atoms with Gasteiger partial charge in [0.25, 0.3) is 5.56 Å². The fourth-order valence-corrected chi connectivity index (χ4v) is 2.07. The average Bonchev–Trinajstić information content (AvgIpc) is 2.32. The molecule has 2 aromatic heterocycles. The van der Waals surface area contributed by atoms with Crippen LogP contribution in [0, 0.1) is 0 Å². The van der Waals surface area contributed by atoms with Gasteiger partial charge >= 0.3 is 6.18 Å². The molecule has 0 spiro atoms. The van der Waals surface area contributed by atoms with Gasteiger partial charge in [0.05, 0.1) is 15.1 Å². The Bertz CT molecular complexity index is 684. The minimum atomic E-state index is -4.57. The minimum absolute atomic E-state index is 0.0547. The van der Waals surface area contributed by atoms with Gasteiger partial charge in [0.15, 0.2) is 5.82 Å². The van der Waals surface area contributed by atoms with Crippen LogP contribution in [0.2, 0.25) is 5.02 Å². The molecule has 0 bridgehead atoms. The SMILES string of the molecule is O=c1c(Br)cc(C(F)(F)F)cn1-c1ncccc1Cl. The van der Waals surface area contributed by atoms with Gasteiger partial charge in [0, 0.05) is 12.4 Å². The number of halogens is 5. The lowest BCUT2D eigenvalue weighted by atomic mass is 10.2. The summed E-state index contributed by atoms with van der Waals surface area (Å²) >= 11 is 8.64. The van der Waals surface area contributed by atoms with Crippen LogP contribution >= 0.6 is 27.5 Å². The number of pyridine rings is 2. The van der Waals surface area contributed by atoms with E-state index >= 15 is 0 Å². The molecule has 0 aromatic carbocycles. The molecule has 19 heavy (non-hydrogen) atoms. The molecule has 0 saturated heterocycles. The van der Waals surface area contributed by atoms with Crippen molar-refractivity contribution in [2.75, 3.05) is 0 Å². The molecular formula is C11H5BrClF3N2O. The largest absolute Gasteiger partial charge is 0.417 e. The molecule has 2 aromatic rings. The van der Waals surface area contributed by atoms with Crippen LogP contribution in [0.5, 0.6) is 0 Å². The zero-order valence-electron chi connectivity index (χ0n) is 9.08. The van der Waals surface area contributed by atoms with Crippen molar-refractivity contribution in [3.63, 3.8) is 0 Å². The van der Waals surface area contributed by atoms with Crippen molar-refractivity contribution < 1.29 is 13.2 Å².